The van der Waals surface area contributed by atoms with E-state index in [-0.39, 0.29) is 12.3 Å². The number of carbonyl (C=O) groups is 2. The average Bonchev–Trinajstić information content (AvgIpc) is 2.25. The molecule has 2 N–H and O–H groups in total. The van der Waals surface area contributed by atoms with Crippen LogP contribution in [0.1, 0.15) is 25.8 Å². The second-order valence-electron chi connectivity index (χ2n) is 4.48. The molecule has 0 aliphatic carbocycles. The zero-order valence-electron chi connectivity index (χ0n) is 9.88. The van der Waals surface area contributed by atoms with Crippen LogP contribution in [0, 0.1) is 5.92 Å². The largest absolute Gasteiger partial charge is 0.480 e. The highest BCUT2D eigenvalue weighted by Crippen LogP contribution is 2.32. The van der Waals surface area contributed by atoms with Gasteiger partial charge in [0.15, 0.2) is 5.41 Å². The van der Waals surface area contributed by atoms with E-state index in [4.69, 9.17) is 0 Å². The van der Waals surface area contributed by atoms with Gasteiger partial charge in [0, 0.05) is 0 Å². The molecule has 0 fully saturated rings. The molecule has 4 nitrogen and oxygen atoms in total. The lowest BCUT2D eigenvalue weighted by molar-refractivity contribution is -0.158. The van der Waals surface area contributed by atoms with Crippen LogP contribution in [0.15, 0.2) is 30.3 Å². The van der Waals surface area contributed by atoms with Gasteiger partial charge in [-0.2, -0.15) is 0 Å². The van der Waals surface area contributed by atoms with E-state index in [1.165, 1.54) is 0 Å². The van der Waals surface area contributed by atoms with Crippen molar-refractivity contribution in [1.82, 2.24) is 0 Å². The average molecular weight is 236 g/mol. The van der Waals surface area contributed by atoms with E-state index in [1.807, 2.05) is 13.8 Å². The first-order valence-corrected chi connectivity index (χ1v) is 5.43. The number of aliphatic carboxylic acids is 2. The van der Waals surface area contributed by atoms with Gasteiger partial charge in [0.05, 0.1) is 0 Å². The van der Waals surface area contributed by atoms with E-state index in [9.17, 15) is 19.8 Å². The lowest BCUT2D eigenvalue weighted by Gasteiger charge is -2.27. The Labute approximate surface area is 99.9 Å². The van der Waals surface area contributed by atoms with Crippen molar-refractivity contribution in [3.05, 3.63) is 35.9 Å². The molecule has 0 saturated heterocycles. The Bertz CT molecular complexity index is 395. The summed E-state index contributed by atoms with van der Waals surface area (Å²) >= 11 is 0. The lowest BCUT2D eigenvalue weighted by atomic mass is 9.74. The molecular formula is C13H16O4. The second-order valence-corrected chi connectivity index (χ2v) is 4.48. The van der Waals surface area contributed by atoms with Crippen LogP contribution in [0.4, 0.5) is 0 Å². The maximum Gasteiger partial charge on any atom is 0.325 e. The smallest absolute Gasteiger partial charge is 0.325 e. The van der Waals surface area contributed by atoms with E-state index in [1.54, 1.807) is 30.3 Å². The Kier molecular flexibility index (Phi) is 3.89. The molecule has 1 aromatic rings. The fraction of sp³-hybridized carbons (Fsp3) is 0.385. The summed E-state index contributed by atoms with van der Waals surface area (Å²) in [5, 5.41) is 18.6. The normalized spacial score (nSPS) is 11.5. The summed E-state index contributed by atoms with van der Waals surface area (Å²) in [6, 6.07) is 8.12. The van der Waals surface area contributed by atoms with Gasteiger partial charge >= 0.3 is 11.9 Å². The minimum atomic E-state index is -1.85. The van der Waals surface area contributed by atoms with Gasteiger partial charge in [-0.1, -0.05) is 44.2 Å². The van der Waals surface area contributed by atoms with E-state index < -0.39 is 17.4 Å². The van der Waals surface area contributed by atoms with Crippen molar-refractivity contribution in [1.29, 1.82) is 0 Å². The van der Waals surface area contributed by atoms with Crippen LogP contribution >= 0.6 is 0 Å². The van der Waals surface area contributed by atoms with E-state index >= 15 is 0 Å². The van der Waals surface area contributed by atoms with Crippen molar-refractivity contribution in [2.45, 2.75) is 25.7 Å². The van der Waals surface area contributed by atoms with Crippen LogP contribution in [0.5, 0.6) is 0 Å². The van der Waals surface area contributed by atoms with Crippen LogP contribution in [0.2, 0.25) is 0 Å². The first-order valence-electron chi connectivity index (χ1n) is 5.43. The molecule has 0 spiro atoms. The third-order valence-electron chi connectivity index (χ3n) is 2.71. The molecule has 0 aromatic heterocycles. The van der Waals surface area contributed by atoms with Crippen LogP contribution in [0.3, 0.4) is 0 Å². The quantitative estimate of drug-likeness (QED) is 0.768. The summed E-state index contributed by atoms with van der Waals surface area (Å²) < 4.78 is 0. The Morgan fingerprint density at radius 2 is 1.59 bits per heavy atom. The van der Waals surface area contributed by atoms with Gasteiger partial charge in [0.2, 0.25) is 0 Å². The molecular weight excluding hydrogens is 220 g/mol. The zero-order valence-corrected chi connectivity index (χ0v) is 9.88. The first kappa shape index (κ1) is 13.2. The Hall–Kier alpha value is -1.84. The van der Waals surface area contributed by atoms with Crippen molar-refractivity contribution in [3.8, 4) is 0 Å². The summed E-state index contributed by atoms with van der Waals surface area (Å²) in [7, 11) is 0. The van der Waals surface area contributed by atoms with Crippen LogP contribution in [0.25, 0.3) is 0 Å². The number of hydrogen-bond acceptors (Lipinski definition) is 2. The van der Waals surface area contributed by atoms with Gasteiger partial charge in [-0.05, 0) is 17.9 Å². The minimum Gasteiger partial charge on any atom is -0.480 e. The molecule has 0 radical (unpaired) electrons. The topological polar surface area (TPSA) is 74.6 Å². The molecule has 0 unspecified atom stereocenters. The third kappa shape index (κ3) is 2.46. The maximum absolute atomic E-state index is 11.4. The van der Waals surface area contributed by atoms with Crippen molar-refractivity contribution in [2.75, 3.05) is 0 Å². The molecule has 0 aliphatic rings. The monoisotopic (exact) mass is 236 g/mol. The molecule has 0 aliphatic heterocycles. The number of hydrogen-bond donors (Lipinski definition) is 2. The van der Waals surface area contributed by atoms with Crippen LogP contribution in [-0.4, -0.2) is 22.2 Å². The highest BCUT2D eigenvalue weighted by Gasteiger charge is 2.48. The fourth-order valence-electron chi connectivity index (χ4n) is 1.97. The Balaban J connectivity index is 3.35. The van der Waals surface area contributed by atoms with Crippen molar-refractivity contribution >= 4 is 11.9 Å². The van der Waals surface area contributed by atoms with Crippen molar-refractivity contribution in [2.24, 2.45) is 5.92 Å². The summed E-state index contributed by atoms with van der Waals surface area (Å²) in [5.41, 5.74) is -1.54. The Morgan fingerprint density at radius 3 is 1.94 bits per heavy atom. The van der Waals surface area contributed by atoms with Crippen molar-refractivity contribution < 1.29 is 19.8 Å². The number of carboxylic acid groups (broad SMARTS) is 2. The predicted octanol–water partition coefficient (Wildman–Crippen LogP) is 2.14. The Morgan fingerprint density at radius 1 is 1.12 bits per heavy atom. The maximum atomic E-state index is 11.4. The molecule has 4 heteroatoms. The molecule has 92 valence electrons. The zero-order chi connectivity index (χ0) is 13.1. The highest BCUT2D eigenvalue weighted by atomic mass is 16.4. The van der Waals surface area contributed by atoms with Gasteiger partial charge in [0.1, 0.15) is 0 Å². The molecule has 0 heterocycles. The fourth-order valence-corrected chi connectivity index (χ4v) is 1.97. The van der Waals surface area contributed by atoms with Gasteiger partial charge in [0.25, 0.3) is 0 Å². The summed E-state index contributed by atoms with van der Waals surface area (Å²) in [5.74, 6) is -2.66. The third-order valence-corrected chi connectivity index (χ3v) is 2.71. The summed E-state index contributed by atoms with van der Waals surface area (Å²) in [4.78, 5) is 22.8. The standard InChI is InChI=1S/C13H16O4/c1-9(2)8-13(11(14)15,12(16)17)10-6-4-3-5-7-10/h3-7,9H,8H2,1-2H3,(H,14,15)(H,16,17). The van der Waals surface area contributed by atoms with E-state index in [0.29, 0.717) is 5.56 Å². The predicted molar refractivity (Wildman–Crippen MR) is 62.8 cm³/mol. The van der Waals surface area contributed by atoms with Gasteiger partial charge < -0.3 is 10.2 Å². The second kappa shape index (κ2) is 4.99. The molecule has 0 atom stereocenters. The SMILES string of the molecule is CC(C)CC(C(=O)O)(C(=O)O)c1ccccc1. The van der Waals surface area contributed by atoms with E-state index in [2.05, 4.69) is 0 Å². The highest BCUT2D eigenvalue weighted by molar-refractivity contribution is 6.04. The lowest BCUT2D eigenvalue weighted by Crippen LogP contribution is -2.44. The van der Waals surface area contributed by atoms with Gasteiger partial charge in [-0.15, -0.1) is 0 Å². The van der Waals surface area contributed by atoms with Gasteiger partial charge in [-0.25, -0.2) is 0 Å². The molecule has 0 saturated carbocycles. The van der Waals surface area contributed by atoms with Crippen molar-refractivity contribution in [3.63, 3.8) is 0 Å². The van der Waals surface area contributed by atoms with E-state index in [0.717, 1.165) is 0 Å². The summed E-state index contributed by atoms with van der Waals surface area (Å²) in [6.07, 6.45) is 0.0711. The molecule has 1 aromatic carbocycles. The molecule has 1 rings (SSSR count). The molecule has 17 heavy (non-hydrogen) atoms. The minimum absolute atomic E-state index is 0.0255. The first-order chi connectivity index (χ1) is 7.91. The summed E-state index contributed by atoms with van der Waals surface area (Å²) in [6.45, 7) is 3.62. The molecule has 0 bridgehead atoms. The van der Waals surface area contributed by atoms with Crippen LogP contribution < -0.4 is 0 Å². The number of benzene rings is 1. The number of carboxylic acids is 2. The number of rotatable bonds is 5. The van der Waals surface area contributed by atoms with Crippen LogP contribution in [-0.2, 0) is 15.0 Å². The van der Waals surface area contributed by atoms with Gasteiger partial charge in [-0.3, -0.25) is 9.59 Å². The molecule has 0 amide bonds.